The van der Waals surface area contributed by atoms with E-state index >= 15 is 0 Å². The topological polar surface area (TPSA) is 16.1 Å². The van der Waals surface area contributed by atoms with Crippen molar-refractivity contribution in [1.29, 1.82) is 0 Å². The van der Waals surface area contributed by atoms with Crippen LogP contribution in [0.1, 0.15) is 0 Å². The molecule has 1 aromatic rings. The van der Waals surface area contributed by atoms with Crippen molar-refractivity contribution in [3.63, 3.8) is 0 Å². The predicted octanol–water partition coefficient (Wildman–Crippen LogP) is 2.17. The third-order valence-electron chi connectivity index (χ3n) is 1.44. The Hall–Kier alpha value is -0.610. The zero-order valence-corrected chi connectivity index (χ0v) is 8.65. The molecule has 1 aromatic heterocycles. The molecule has 0 spiro atoms. The quantitative estimate of drug-likeness (QED) is 0.642. The van der Waals surface area contributed by atoms with Crippen molar-refractivity contribution >= 4 is 34.1 Å². The molecule has 0 N–H and O–H groups in total. The maximum Gasteiger partial charge on any atom is 0.141 e. The highest BCUT2D eigenvalue weighted by Crippen LogP contribution is 2.12. The van der Waals surface area contributed by atoms with Gasteiger partial charge in [0.25, 0.3) is 0 Å². The first kappa shape index (κ1) is 9.48. The van der Waals surface area contributed by atoms with Gasteiger partial charge in [-0.2, -0.15) is 0 Å². The van der Waals surface area contributed by atoms with Gasteiger partial charge in [0.15, 0.2) is 0 Å². The number of hydrogen-bond acceptors (Lipinski definition) is 3. The van der Waals surface area contributed by atoms with Gasteiger partial charge in [-0.25, -0.2) is 4.98 Å². The average Bonchev–Trinajstić information content (AvgIpc) is 2.17. The first-order valence-corrected chi connectivity index (χ1v) is 5.11. The molecule has 0 amide bonds. The number of anilines is 1. The van der Waals surface area contributed by atoms with Crippen LogP contribution in [0.5, 0.6) is 0 Å². The molecular formula is C8H10N2S2. The van der Waals surface area contributed by atoms with Gasteiger partial charge in [-0.1, -0.05) is 30.0 Å². The molecule has 1 rings (SSSR count). The van der Waals surface area contributed by atoms with Crippen LogP contribution in [-0.4, -0.2) is 22.6 Å². The van der Waals surface area contributed by atoms with E-state index in [0.29, 0.717) is 0 Å². The van der Waals surface area contributed by atoms with Crippen molar-refractivity contribution in [2.45, 2.75) is 0 Å². The molecule has 0 aliphatic heterocycles. The second-order valence-electron chi connectivity index (χ2n) is 2.22. The molecule has 64 valence electrons. The molecule has 0 saturated heterocycles. The lowest BCUT2D eigenvalue weighted by atomic mass is 10.4. The fraction of sp³-hybridized carbons (Fsp3) is 0.250. The number of pyridine rings is 1. The van der Waals surface area contributed by atoms with E-state index < -0.39 is 0 Å². The van der Waals surface area contributed by atoms with Gasteiger partial charge >= 0.3 is 0 Å². The molecule has 2 nitrogen and oxygen atoms in total. The van der Waals surface area contributed by atoms with Gasteiger partial charge in [0.05, 0.1) is 0 Å². The molecule has 0 aromatic carbocycles. The van der Waals surface area contributed by atoms with Crippen LogP contribution in [0.15, 0.2) is 24.4 Å². The number of rotatable bonds is 1. The fourth-order valence-electron chi connectivity index (χ4n) is 0.783. The Bertz CT molecular complexity index is 261. The molecule has 12 heavy (non-hydrogen) atoms. The minimum atomic E-state index is 0.828. The van der Waals surface area contributed by atoms with E-state index in [1.807, 2.05) is 36.4 Å². The second-order valence-corrected chi connectivity index (χ2v) is 3.66. The average molecular weight is 198 g/mol. The molecule has 0 atom stereocenters. The van der Waals surface area contributed by atoms with Crippen molar-refractivity contribution in [1.82, 2.24) is 4.98 Å². The zero-order chi connectivity index (χ0) is 8.97. The summed E-state index contributed by atoms with van der Waals surface area (Å²) in [4.78, 5) is 6.06. The van der Waals surface area contributed by atoms with E-state index in [0.717, 1.165) is 10.1 Å². The number of nitrogens with zero attached hydrogens (tertiary/aromatic N) is 2. The van der Waals surface area contributed by atoms with E-state index in [2.05, 4.69) is 4.98 Å². The maximum absolute atomic E-state index is 5.11. The van der Waals surface area contributed by atoms with Crippen molar-refractivity contribution < 1.29 is 0 Å². The monoisotopic (exact) mass is 198 g/mol. The van der Waals surface area contributed by atoms with Crippen molar-refractivity contribution in [2.24, 2.45) is 0 Å². The van der Waals surface area contributed by atoms with Gasteiger partial charge in [0.1, 0.15) is 10.1 Å². The van der Waals surface area contributed by atoms with Crippen molar-refractivity contribution in [3.05, 3.63) is 24.4 Å². The summed E-state index contributed by atoms with van der Waals surface area (Å²) in [6.07, 6.45) is 3.72. The lowest BCUT2D eigenvalue weighted by Crippen LogP contribution is -2.21. The van der Waals surface area contributed by atoms with E-state index in [1.165, 1.54) is 0 Å². The van der Waals surface area contributed by atoms with E-state index in [4.69, 9.17) is 12.2 Å². The first-order chi connectivity index (χ1) is 5.75. The normalized spacial score (nSPS) is 9.50. The lowest BCUT2D eigenvalue weighted by molar-refractivity contribution is 1.19. The molecule has 0 aliphatic rings. The van der Waals surface area contributed by atoms with Crippen molar-refractivity contribution in [2.75, 3.05) is 18.2 Å². The van der Waals surface area contributed by atoms with Gasteiger partial charge in [0, 0.05) is 13.2 Å². The summed E-state index contributed by atoms with van der Waals surface area (Å²) in [5.74, 6) is 0.886. The Morgan fingerprint density at radius 1 is 1.58 bits per heavy atom. The molecule has 0 saturated carbocycles. The highest BCUT2D eigenvalue weighted by Gasteiger charge is 2.04. The predicted molar refractivity (Wildman–Crippen MR) is 58.8 cm³/mol. The summed E-state index contributed by atoms with van der Waals surface area (Å²) in [5.41, 5.74) is 0. The second kappa shape index (κ2) is 4.42. The van der Waals surface area contributed by atoms with Gasteiger partial charge in [-0.15, -0.1) is 0 Å². The van der Waals surface area contributed by atoms with Gasteiger partial charge in [-0.05, 0) is 18.4 Å². The van der Waals surface area contributed by atoms with Crippen LogP contribution >= 0.6 is 24.0 Å². The Labute approximate surface area is 82.0 Å². The molecule has 0 aliphatic carbocycles. The van der Waals surface area contributed by atoms with Gasteiger partial charge < -0.3 is 4.90 Å². The highest BCUT2D eigenvalue weighted by molar-refractivity contribution is 8.22. The minimum absolute atomic E-state index is 0.828. The van der Waals surface area contributed by atoms with Crippen LogP contribution in [0.4, 0.5) is 5.82 Å². The van der Waals surface area contributed by atoms with Crippen molar-refractivity contribution in [3.8, 4) is 0 Å². The fourth-order valence-corrected chi connectivity index (χ4v) is 1.24. The van der Waals surface area contributed by atoms with Crippen LogP contribution in [-0.2, 0) is 0 Å². The number of thiocarbonyl (C=S) groups is 1. The first-order valence-electron chi connectivity index (χ1n) is 3.48. The largest absolute Gasteiger partial charge is 0.315 e. The van der Waals surface area contributed by atoms with Gasteiger partial charge in [0.2, 0.25) is 0 Å². The van der Waals surface area contributed by atoms with Crippen LogP contribution in [0.25, 0.3) is 0 Å². The summed E-state index contributed by atoms with van der Waals surface area (Å²) >= 11 is 6.65. The number of aromatic nitrogens is 1. The molecule has 0 fully saturated rings. The smallest absolute Gasteiger partial charge is 0.141 e. The summed E-state index contributed by atoms with van der Waals surface area (Å²) in [5, 5.41) is 0. The standard InChI is InChI=1S/C8H10N2S2/c1-10(8(11)12-2)7-5-3-4-6-9-7/h3-6H,1-2H3. The SMILES string of the molecule is CSC(=S)N(C)c1ccccn1. The third-order valence-corrected chi connectivity index (χ3v) is 2.84. The van der Waals surface area contributed by atoms with Crippen LogP contribution in [0.3, 0.4) is 0 Å². The van der Waals surface area contributed by atoms with Crippen LogP contribution in [0, 0.1) is 0 Å². The van der Waals surface area contributed by atoms with Crippen LogP contribution < -0.4 is 4.90 Å². The Balaban J connectivity index is 2.78. The summed E-state index contributed by atoms with van der Waals surface area (Å²) in [7, 11) is 1.92. The Morgan fingerprint density at radius 2 is 2.33 bits per heavy atom. The number of thioether (sulfide) groups is 1. The zero-order valence-electron chi connectivity index (χ0n) is 7.02. The summed E-state index contributed by atoms with van der Waals surface area (Å²) in [6, 6.07) is 5.77. The molecule has 0 radical (unpaired) electrons. The number of hydrogen-bond donors (Lipinski definition) is 0. The summed E-state index contributed by atoms with van der Waals surface area (Å²) < 4.78 is 0.828. The third kappa shape index (κ3) is 2.19. The molecule has 1 heterocycles. The molecule has 0 unspecified atom stereocenters. The Morgan fingerprint density at radius 3 is 2.83 bits per heavy atom. The lowest BCUT2D eigenvalue weighted by Gasteiger charge is -2.16. The van der Waals surface area contributed by atoms with E-state index in [9.17, 15) is 0 Å². The molecule has 4 heteroatoms. The molecular weight excluding hydrogens is 188 g/mol. The molecule has 0 bridgehead atoms. The summed E-state index contributed by atoms with van der Waals surface area (Å²) in [6.45, 7) is 0. The maximum atomic E-state index is 5.11. The van der Waals surface area contributed by atoms with E-state index in [-0.39, 0.29) is 0 Å². The van der Waals surface area contributed by atoms with Gasteiger partial charge in [-0.3, -0.25) is 0 Å². The minimum Gasteiger partial charge on any atom is -0.315 e. The van der Waals surface area contributed by atoms with Crippen LogP contribution in [0.2, 0.25) is 0 Å². The highest BCUT2D eigenvalue weighted by atomic mass is 32.2. The van der Waals surface area contributed by atoms with E-state index in [1.54, 1.807) is 18.0 Å². The Kier molecular flexibility index (Phi) is 3.49.